The molecular formula is C6HCuF5O4S. The predicted molar refractivity (Wildman–Crippen MR) is 38.4 cm³/mol. The molecule has 4 nitrogen and oxygen atoms in total. The van der Waals surface area contributed by atoms with E-state index in [2.05, 4.69) is 4.18 Å². The number of rotatable bonds is 2. The maximum atomic E-state index is 12.7. The van der Waals surface area contributed by atoms with Gasteiger partial charge in [0.15, 0.2) is 0 Å². The second-order valence-electron chi connectivity index (χ2n) is 2.41. The van der Waals surface area contributed by atoms with Gasteiger partial charge >= 0.3 is 10.4 Å². The van der Waals surface area contributed by atoms with E-state index in [1.54, 1.807) is 0 Å². The van der Waals surface area contributed by atoms with Crippen LogP contribution in [-0.2, 0) is 27.5 Å². The minimum atomic E-state index is -5.40. The van der Waals surface area contributed by atoms with Crippen LogP contribution in [0.1, 0.15) is 0 Å². The van der Waals surface area contributed by atoms with Crippen molar-refractivity contribution >= 4 is 10.4 Å². The van der Waals surface area contributed by atoms with Crippen LogP contribution in [0.15, 0.2) is 0 Å². The second kappa shape index (κ2) is 5.17. The Balaban J connectivity index is 0.00000256. The van der Waals surface area contributed by atoms with Gasteiger partial charge in [0.05, 0.1) is 0 Å². The van der Waals surface area contributed by atoms with Crippen LogP contribution in [0.3, 0.4) is 0 Å². The third kappa shape index (κ3) is 3.28. The van der Waals surface area contributed by atoms with Gasteiger partial charge in [-0.05, 0) is 0 Å². The Kier molecular flexibility index (Phi) is 4.89. The standard InChI is InChI=1S/C6HF5O4S.Cu/c7-1-2(8)4(10)6(5(11)3(1)9)15-16(12,13)14;/h(H,12,13,14);. The third-order valence-electron chi connectivity index (χ3n) is 1.36. The molecule has 1 radical (unpaired) electrons. The van der Waals surface area contributed by atoms with Gasteiger partial charge in [-0.25, -0.2) is 13.2 Å². The largest absolute Gasteiger partial charge is 0.446 e. The molecule has 0 saturated heterocycles. The molecule has 0 heterocycles. The fraction of sp³-hybridized carbons (Fsp3) is 0. The van der Waals surface area contributed by atoms with Crippen molar-refractivity contribution in [3.05, 3.63) is 29.1 Å². The van der Waals surface area contributed by atoms with Crippen molar-refractivity contribution in [2.45, 2.75) is 0 Å². The molecule has 0 aliphatic heterocycles. The minimum Gasteiger partial charge on any atom is -0.355 e. The van der Waals surface area contributed by atoms with E-state index in [-0.39, 0.29) is 17.1 Å². The normalized spacial score (nSPS) is 10.9. The first-order chi connectivity index (χ1) is 7.15. The van der Waals surface area contributed by atoms with Gasteiger partial charge in [-0.15, -0.1) is 0 Å². The Bertz CT molecular complexity index is 517. The Hall–Kier alpha value is -0.901. The first kappa shape index (κ1) is 16.1. The molecule has 0 bridgehead atoms. The van der Waals surface area contributed by atoms with Gasteiger partial charge in [0, 0.05) is 17.1 Å². The topological polar surface area (TPSA) is 63.6 Å². The van der Waals surface area contributed by atoms with Crippen molar-refractivity contribution in [1.29, 1.82) is 0 Å². The van der Waals surface area contributed by atoms with Crippen LogP contribution in [0, 0.1) is 29.1 Å². The molecule has 0 saturated carbocycles. The van der Waals surface area contributed by atoms with E-state index in [0.29, 0.717) is 0 Å². The number of halogens is 5. The summed E-state index contributed by atoms with van der Waals surface area (Å²) in [6, 6.07) is 0. The van der Waals surface area contributed by atoms with E-state index in [4.69, 9.17) is 4.55 Å². The molecule has 17 heavy (non-hydrogen) atoms. The first-order valence-corrected chi connectivity index (χ1v) is 4.70. The van der Waals surface area contributed by atoms with Crippen LogP contribution in [0.2, 0.25) is 0 Å². The molecule has 0 unspecified atom stereocenters. The van der Waals surface area contributed by atoms with E-state index in [1.165, 1.54) is 0 Å². The molecule has 1 aromatic carbocycles. The number of hydrogen-bond donors (Lipinski definition) is 1. The van der Waals surface area contributed by atoms with Crippen LogP contribution in [0.5, 0.6) is 5.75 Å². The maximum absolute atomic E-state index is 12.7. The first-order valence-electron chi connectivity index (χ1n) is 3.33. The maximum Gasteiger partial charge on any atom is 0.446 e. The SMILES string of the molecule is O=S(=O)(O)Oc1c(F)c(F)c(F)c(F)c1F.[Cu]. The number of benzene rings is 1. The smallest absolute Gasteiger partial charge is 0.355 e. The summed E-state index contributed by atoms with van der Waals surface area (Å²) in [6.07, 6.45) is 0. The van der Waals surface area contributed by atoms with Crippen molar-refractivity contribution in [2.24, 2.45) is 0 Å². The molecule has 0 aliphatic carbocycles. The zero-order valence-corrected chi connectivity index (χ0v) is 9.03. The van der Waals surface area contributed by atoms with Crippen LogP contribution >= 0.6 is 0 Å². The van der Waals surface area contributed by atoms with Gasteiger partial charge < -0.3 is 4.18 Å². The van der Waals surface area contributed by atoms with Crippen molar-refractivity contribution in [1.82, 2.24) is 0 Å². The van der Waals surface area contributed by atoms with Crippen molar-refractivity contribution in [3.63, 3.8) is 0 Å². The summed E-state index contributed by atoms with van der Waals surface area (Å²) in [5, 5.41) is 0. The van der Waals surface area contributed by atoms with Crippen molar-refractivity contribution in [3.8, 4) is 5.75 Å². The van der Waals surface area contributed by atoms with E-state index in [0.717, 1.165) is 0 Å². The van der Waals surface area contributed by atoms with Gasteiger partial charge in [-0.1, -0.05) is 0 Å². The van der Waals surface area contributed by atoms with Crippen LogP contribution < -0.4 is 4.18 Å². The predicted octanol–water partition coefficient (Wildman–Crippen LogP) is 1.56. The molecule has 1 N–H and O–H groups in total. The van der Waals surface area contributed by atoms with Gasteiger partial charge in [0.2, 0.25) is 34.8 Å². The molecule has 0 atom stereocenters. The monoisotopic (exact) mass is 327 g/mol. The van der Waals surface area contributed by atoms with E-state index in [9.17, 15) is 30.4 Å². The molecule has 1 aromatic rings. The minimum absolute atomic E-state index is 0. The average Bonchev–Trinajstić information content (AvgIpc) is 2.17. The molecular weight excluding hydrogens is 327 g/mol. The van der Waals surface area contributed by atoms with Gasteiger partial charge in [-0.3, -0.25) is 4.55 Å². The Morgan fingerprint density at radius 1 is 0.824 bits per heavy atom. The third-order valence-corrected chi connectivity index (χ3v) is 1.74. The van der Waals surface area contributed by atoms with E-state index < -0.39 is 45.2 Å². The van der Waals surface area contributed by atoms with E-state index in [1.807, 2.05) is 0 Å². The van der Waals surface area contributed by atoms with Crippen LogP contribution in [0.4, 0.5) is 22.0 Å². The number of hydrogen-bond acceptors (Lipinski definition) is 3. The molecule has 11 heteroatoms. The Morgan fingerprint density at radius 3 is 1.41 bits per heavy atom. The van der Waals surface area contributed by atoms with Gasteiger partial charge in [0.25, 0.3) is 0 Å². The second-order valence-corrected chi connectivity index (χ2v) is 3.43. The van der Waals surface area contributed by atoms with Crippen LogP contribution in [-0.4, -0.2) is 13.0 Å². The molecule has 0 aliphatic rings. The molecule has 0 amide bonds. The molecule has 101 valence electrons. The van der Waals surface area contributed by atoms with Crippen molar-refractivity contribution in [2.75, 3.05) is 0 Å². The fourth-order valence-corrected chi connectivity index (χ4v) is 1.12. The fourth-order valence-electron chi connectivity index (χ4n) is 0.763. The summed E-state index contributed by atoms with van der Waals surface area (Å²) in [5.74, 6) is -14.4. The molecule has 1 rings (SSSR count). The average molecular weight is 328 g/mol. The zero-order valence-electron chi connectivity index (χ0n) is 7.27. The van der Waals surface area contributed by atoms with E-state index >= 15 is 0 Å². The summed E-state index contributed by atoms with van der Waals surface area (Å²) in [5.41, 5.74) is 0. The molecule has 0 fully saturated rings. The molecule has 0 aromatic heterocycles. The summed E-state index contributed by atoms with van der Waals surface area (Å²) >= 11 is 0. The Labute approximate surface area is 102 Å². The zero-order chi connectivity index (χ0) is 12.7. The Morgan fingerprint density at radius 2 is 1.12 bits per heavy atom. The summed E-state index contributed by atoms with van der Waals surface area (Å²) < 4.78 is 94.2. The molecule has 0 spiro atoms. The van der Waals surface area contributed by atoms with Gasteiger partial charge in [0.1, 0.15) is 0 Å². The summed E-state index contributed by atoms with van der Waals surface area (Å²) in [6.45, 7) is 0. The van der Waals surface area contributed by atoms with Crippen LogP contribution in [0.25, 0.3) is 0 Å². The quantitative estimate of drug-likeness (QED) is 0.294. The summed E-state index contributed by atoms with van der Waals surface area (Å²) in [7, 11) is -5.40. The summed E-state index contributed by atoms with van der Waals surface area (Å²) in [4.78, 5) is 0. The van der Waals surface area contributed by atoms with Gasteiger partial charge in [-0.2, -0.15) is 17.2 Å². The van der Waals surface area contributed by atoms with Crippen molar-refractivity contribution < 1.29 is 56.2 Å².